The predicted molar refractivity (Wildman–Crippen MR) is 96.2 cm³/mol. The predicted octanol–water partition coefficient (Wildman–Crippen LogP) is 3.53. The molecule has 2 aromatic carbocycles. The van der Waals surface area contributed by atoms with E-state index in [2.05, 4.69) is 0 Å². The number of carbonyl (C=O) groups excluding carboxylic acids is 1. The molecular weight excluding hydrogens is 338 g/mol. The lowest BCUT2D eigenvalue weighted by molar-refractivity contribution is -0.118. The molecule has 1 saturated carbocycles. The summed E-state index contributed by atoms with van der Waals surface area (Å²) >= 11 is 0. The average Bonchev–Trinajstić information content (AvgIpc) is 3.42. The molecule has 0 aromatic heterocycles. The van der Waals surface area contributed by atoms with Crippen molar-refractivity contribution in [2.24, 2.45) is 5.92 Å². The van der Waals surface area contributed by atoms with Crippen LogP contribution < -0.4 is 9.04 Å². The van der Waals surface area contributed by atoms with Gasteiger partial charge in [-0.1, -0.05) is 17.7 Å². The second-order valence-corrected chi connectivity index (χ2v) is 7.91. The molecule has 2 aromatic rings. The van der Waals surface area contributed by atoms with Gasteiger partial charge in [0.1, 0.15) is 5.75 Å². The van der Waals surface area contributed by atoms with E-state index in [0.29, 0.717) is 18.0 Å². The molecule has 0 atom stereocenters. The third-order valence-electron chi connectivity index (χ3n) is 4.07. The normalized spacial score (nSPS) is 14.2. The molecule has 0 radical (unpaired) electrons. The van der Waals surface area contributed by atoms with E-state index in [-0.39, 0.29) is 16.7 Å². The first-order valence-electron chi connectivity index (χ1n) is 8.32. The van der Waals surface area contributed by atoms with Crippen LogP contribution in [0.25, 0.3) is 0 Å². The third-order valence-corrected chi connectivity index (χ3v) is 5.81. The Kier molecular flexibility index (Phi) is 4.81. The van der Waals surface area contributed by atoms with Crippen LogP contribution in [0.15, 0.2) is 53.4 Å². The summed E-state index contributed by atoms with van der Waals surface area (Å²) in [6, 6.07) is 13.1. The summed E-state index contributed by atoms with van der Waals surface area (Å²) in [6.07, 6.45) is 1.46. The number of benzene rings is 2. The van der Waals surface area contributed by atoms with Crippen molar-refractivity contribution in [2.75, 3.05) is 10.9 Å². The van der Waals surface area contributed by atoms with Crippen molar-refractivity contribution in [3.63, 3.8) is 0 Å². The molecule has 0 heterocycles. The first-order chi connectivity index (χ1) is 11.9. The van der Waals surface area contributed by atoms with Crippen molar-refractivity contribution in [2.45, 2.75) is 31.6 Å². The third kappa shape index (κ3) is 3.69. The number of nitrogens with zero attached hydrogens (tertiary/aromatic N) is 1. The maximum Gasteiger partial charge on any atom is 0.270 e. The molecule has 0 spiro atoms. The van der Waals surface area contributed by atoms with Gasteiger partial charge in [0.15, 0.2) is 0 Å². The van der Waals surface area contributed by atoms with Crippen LogP contribution in [0.4, 0.5) is 5.69 Å². The van der Waals surface area contributed by atoms with Crippen LogP contribution in [0.2, 0.25) is 0 Å². The lowest BCUT2D eigenvalue weighted by atomic mass is 10.2. The SMILES string of the molecule is CCOc1ccc(N(C(=O)C2CC2)S(=O)(=O)c2ccc(C)cc2)cc1. The van der Waals surface area contributed by atoms with Gasteiger partial charge < -0.3 is 4.74 Å². The standard InChI is InChI=1S/C19H21NO4S/c1-3-24-17-10-8-16(9-11-17)20(19(21)15-6-7-15)25(22,23)18-12-4-14(2)5-13-18/h4-5,8-13,15H,3,6-7H2,1-2H3. The molecule has 0 N–H and O–H groups in total. The van der Waals surface area contributed by atoms with E-state index >= 15 is 0 Å². The zero-order valence-electron chi connectivity index (χ0n) is 14.3. The molecular formula is C19H21NO4S. The zero-order chi connectivity index (χ0) is 18.0. The van der Waals surface area contributed by atoms with Gasteiger partial charge in [0.25, 0.3) is 10.0 Å². The summed E-state index contributed by atoms with van der Waals surface area (Å²) in [5.41, 5.74) is 1.29. The number of hydrogen-bond acceptors (Lipinski definition) is 4. The number of sulfonamides is 1. The molecule has 3 rings (SSSR count). The minimum atomic E-state index is -3.96. The molecule has 1 fully saturated rings. The van der Waals surface area contributed by atoms with E-state index in [0.717, 1.165) is 22.7 Å². The number of ether oxygens (including phenoxy) is 1. The second-order valence-electron chi connectivity index (χ2n) is 6.12. The molecule has 6 heteroatoms. The molecule has 0 aliphatic heterocycles. The van der Waals surface area contributed by atoms with Crippen LogP contribution in [0.5, 0.6) is 5.75 Å². The van der Waals surface area contributed by atoms with Crippen molar-refractivity contribution in [1.29, 1.82) is 0 Å². The van der Waals surface area contributed by atoms with E-state index in [1.807, 2.05) is 13.8 Å². The van der Waals surface area contributed by atoms with Gasteiger partial charge >= 0.3 is 0 Å². The Balaban J connectivity index is 2.02. The van der Waals surface area contributed by atoms with Crippen molar-refractivity contribution in [1.82, 2.24) is 0 Å². The van der Waals surface area contributed by atoms with Crippen molar-refractivity contribution < 1.29 is 17.9 Å². The van der Waals surface area contributed by atoms with E-state index in [9.17, 15) is 13.2 Å². The number of amides is 1. The molecule has 0 bridgehead atoms. The Labute approximate surface area is 148 Å². The Bertz CT molecular complexity index is 853. The monoisotopic (exact) mass is 359 g/mol. The van der Waals surface area contributed by atoms with E-state index in [1.54, 1.807) is 36.4 Å². The summed E-state index contributed by atoms with van der Waals surface area (Å²) in [6.45, 7) is 4.28. The first kappa shape index (κ1) is 17.5. The average molecular weight is 359 g/mol. The minimum absolute atomic E-state index is 0.112. The fourth-order valence-electron chi connectivity index (χ4n) is 2.54. The van der Waals surface area contributed by atoms with Crippen LogP contribution >= 0.6 is 0 Å². The highest BCUT2D eigenvalue weighted by Crippen LogP contribution is 2.36. The number of hydrogen-bond donors (Lipinski definition) is 0. The molecule has 1 amide bonds. The topological polar surface area (TPSA) is 63.7 Å². The largest absolute Gasteiger partial charge is 0.494 e. The van der Waals surface area contributed by atoms with Gasteiger partial charge in [0, 0.05) is 5.92 Å². The highest BCUT2D eigenvalue weighted by molar-refractivity contribution is 7.93. The summed E-state index contributed by atoms with van der Waals surface area (Å²) < 4.78 is 32.5. The van der Waals surface area contributed by atoms with Crippen LogP contribution in [0, 0.1) is 12.8 Å². The van der Waals surface area contributed by atoms with Gasteiger partial charge in [-0.2, -0.15) is 0 Å². The van der Waals surface area contributed by atoms with Gasteiger partial charge in [-0.15, -0.1) is 0 Å². The Morgan fingerprint density at radius 1 is 1.08 bits per heavy atom. The molecule has 132 valence electrons. The van der Waals surface area contributed by atoms with Crippen molar-refractivity contribution in [3.05, 3.63) is 54.1 Å². The molecule has 1 aliphatic rings. The van der Waals surface area contributed by atoms with Gasteiger partial charge in [0.05, 0.1) is 17.2 Å². The fraction of sp³-hybridized carbons (Fsp3) is 0.316. The summed E-state index contributed by atoms with van der Waals surface area (Å²) in [5.74, 6) is 0.0503. The summed E-state index contributed by atoms with van der Waals surface area (Å²) in [5, 5.41) is 0. The number of rotatable bonds is 6. The van der Waals surface area contributed by atoms with Crippen LogP contribution in [0.3, 0.4) is 0 Å². The van der Waals surface area contributed by atoms with Crippen molar-refractivity contribution in [3.8, 4) is 5.75 Å². The quantitative estimate of drug-likeness (QED) is 0.791. The highest BCUT2D eigenvalue weighted by atomic mass is 32.2. The summed E-state index contributed by atoms with van der Waals surface area (Å²) in [4.78, 5) is 12.8. The van der Waals surface area contributed by atoms with Crippen LogP contribution in [-0.2, 0) is 14.8 Å². The van der Waals surface area contributed by atoms with Gasteiger partial charge in [0.2, 0.25) is 5.91 Å². The van der Waals surface area contributed by atoms with Crippen LogP contribution in [0.1, 0.15) is 25.3 Å². The smallest absolute Gasteiger partial charge is 0.270 e. The van der Waals surface area contributed by atoms with E-state index in [4.69, 9.17) is 4.74 Å². The molecule has 25 heavy (non-hydrogen) atoms. The number of anilines is 1. The van der Waals surface area contributed by atoms with E-state index < -0.39 is 10.0 Å². The van der Waals surface area contributed by atoms with E-state index in [1.165, 1.54) is 12.1 Å². The Morgan fingerprint density at radius 2 is 1.68 bits per heavy atom. The zero-order valence-corrected chi connectivity index (χ0v) is 15.1. The summed E-state index contributed by atoms with van der Waals surface area (Å²) in [7, 11) is -3.96. The lowest BCUT2D eigenvalue weighted by Gasteiger charge is -2.23. The number of carbonyl (C=O) groups is 1. The van der Waals surface area contributed by atoms with Crippen LogP contribution in [-0.4, -0.2) is 20.9 Å². The molecule has 0 saturated heterocycles. The van der Waals surface area contributed by atoms with Gasteiger partial charge in [-0.05, 0) is 63.1 Å². The highest BCUT2D eigenvalue weighted by Gasteiger charge is 2.40. The van der Waals surface area contributed by atoms with Crippen molar-refractivity contribution >= 4 is 21.6 Å². The first-order valence-corrected chi connectivity index (χ1v) is 9.76. The van der Waals surface area contributed by atoms with Gasteiger partial charge in [-0.3, -0.25) is 4.79 Å². The molecule has 5 nitrogen and oxygen atoms in total. The maximum absolute atomic E-state index is 13.1. The second kappa shape index (κ2) is 6.88. The molecule has 1 aliphatic carbocycles. The molecule has 0 unspecified atom stereocenters. The van der Waals surface area contributed by atoms with Gasteiger partial charge in [-0.25, -0.2) is 12.7 Å². The Hall–Kier alpha value is -2.34. The lowest BCUT2D eigenvalue weighted by Crippen LogP contribution is -2.38. The minimum Gasteiger partial charge on any atom is -0.494 e. The Morgan fingerprint density at radius 3 is 2.20 bits per heavy atom. The fourth-order valence-corrected chi connectivity index (χ4v) is 4.02. The number of aryl methyl sites for hydroxylation is 1. The maximum atomic E-state index is 13.1.